The first-order valence-electron chi connectivity index (χ1n) is 6.53. The predicted octanol–water partition coefficient (Wildman–Crippen LogP) is 4.41. The Kier molecular flexibility index (Phi) is 3.42. The molecule has 0 saturated heterocycles. The Hall–Kier alpha value is -3.39. The monoisotopic (exact) mass is 290 g/mol. The Labute approximate surface area is 126 Å². The first-order chi connectivity index (χ1) is 10.7. The average molecular weight is 290 g/mol. The maximum absolute atomic E-state index is 11.2. The summed E-state index contributed by atoms with van der Waals surface area (Å²) in [5.74, 6) is 0.645. The summed E-state index contributed by atoms with van der Waals surface area (Å²) in [6.07, 6.45) is 0. The lowest BCUT2D eigenvalue weighted by molar-refractivity contribution is -0.385. The van der Waals surface area contributed by atoms with Gasteiger partial charge in [0.05, 0.1) is 16.6 Å². The molecule has 5 nitrogen and oxygen atoms in total. The fourth-order valence-electron chi connectivity index (χ4n) is 2.22. The number of hydrogen-bond acceptors (Lipinski definition) is 4. The number of nitro groups is 1. The van der Waals surface area contributed by atoms with Crippen LogP contribution >= 0.6 is 0 Å². The molecule has 106 valence electrons. The predicted molar refractivity (Wildman–Crippen MR) is 81.8 cm³/mol. The van der Waals surface area contributed by atoms with E-state index < -0.39 is 4.92 Å². The molecule has 5 heteroatoms. The van der Waals surface area contributed by atoms with Gasteiger partial charge in [-0.3, -0.25) is 10.1 Å². The highest BCUT2D eigenvalue weighted by Crippen LogP contribution is 2.35. The number of nitrogens with zero attached hydrogens (tertiary/aromatic N) is 2. The number of nitro benzene ring substituents is 1. The minimum Gasteiger partial charge on any atom is -0.449 e. The Morgan fingerprint density at radius 3 is 2.55 bits per heavy atom. The summed E-state index contributed by atoms with van der Waals surface area (Å²) < 4.78 is 5.73. The van der Waals surface area contributed by atoms with Gasteiger partial charge in [0.2, 0.25) is 5.75 Å². The number of hydrogen-bond donors (Lipinski definition) is 0. The molecule has 0 radical (unpaired) electrons. The third kappa shape index (κ3) is 2.45. The van der Waals surface area contributed by atoms with Crippen LogP contribution in [0.15, 0.2) is 60.7 Å². The number of benzene rings is 3. The van der Waals surface area contributed by atoms with Crippen LogP contribution in [0.25, 0.3) is 10.8 Å². The van der Waals surface area contributed by atoms with E-state index in [0.717, 1.165) is 10.8 Å². The standard InChI is InChI=1S/C17H10N2O3/c18-11-12-8-9-17(15(10-12)19(20)21)22-16-7-3-5-13-4-1-2-6-14(13)16/h1-10H. The summed E-state index contributed by atoms with van der Waals surface area (Å²) in [5, 5.41) is 21.9. The van der Waals surface area contributed by atoms with Gasteiger partial charge < -0.3 is 4.74 Å². The number of fused-ring (bicyclic) bond motifs is 1. The smallest absolute Gasteiger partial charge is 0.312 e. The van der Waals surface area contributed by atoms with Crippen LogP contribution in [-0.4, -0.2) is 4.92 Å². The second-order valence-corrected chi connectivity index (χ2v) is 4.63. The molecule has 0 saturated carbocycles. The summed E-state index contributed by atoms with van der Waals surface area (Å²) in [5.41, 5.74) is -0.0102. The molecular formula is C17H10N2O3. The van der Waals surface area contributed by atoms with Gasteiger partial charge >= 0.3 is 5.69 Å². The van der Waals surface area contributed by atoms with E-state index in [1.165, 1.54) is 18.2 Å². The van der Waals surface area contributed by atoms with Gasteiger partial charge in [-0.15, -0.1) is 0 Å². The highest BCUT2D eigenvalue weighted by Gasteiger charge is 2.17. The molecule has 0 fully saturated rings. The minimum absolute atomic E-state index is 0.111. The topological polar surface area (TPSA) is 76.2 Å². The third-order valence-electron chi connectivity index (χ3n) is 3.25. The molecule has 22 heavy (non-hydrogen) atoms. The molecule has 0 aliphatic carbocycles. The maximum Gasteiger partial charge on any atom is 0.312 e. The van der Waals surface area contributed by atoms with E-state index in [2.05, 4.69) is 0 Å². The van der Waals surface area contributed by atoms with Gasteiger partial charge in [-0.2, -0.15) is 5.26 Å². The van der Waals surface area contributed by atoms with Crippen molar-refractivity contribution in [3.63, 3.8) is 0 Å². The van der Waals surface area contributed by atoms with Crippen molar-refractivity contribution in [2.24, 2.45) is 0 Å². The number of ether oxygens (including phenoxy) is 1. The first kappa shape index (κ1) is 13.6. The molecular weight excluding hydrogens is 280 g/mol. The zero-order valence-corrected chi connectivity index (χ0v) is 11.4. The molecule has 3 rings (SSSR count). The summed E-state index contributed by atoms with van der Waals surface area (Å²) in [6, 6.07) is 19.2. The van der Waals surface area contributed by atoms with Crippen LogP contribution < -0.4 is 4.74 Å². The summed E-state index contributed by atoms with van der Waals surface area (Å²) in [6.45, 7) is 0. The normalized spacial score (nSPS) is 10.1. The van der Waals surface area contributed by atoms with Crippen molar-refractivity contribution >= 4 is 16.5 Å². The van der Waals surface area contributed by atoms with E-state index in [0.29, 0.717) is 5.75 Å². The van der Waals surface area contributed by atoms with Crippen molar-refractivity contribution in [1.29, 1.82) is 5.26 Å². The van der Waals surface area contributed by atoms with Gasteiger partial charge in [-0.05, 0) is 23.6 Å². The third-order valence-corrected chi connectivity index (χ3v) is 3.25. The van der Waals surface area contributed by atoms with Crippen LogP contribution in [0.5, 0.6) is 11.5 Å². The van der Waals surface area contributed by atoms with Crippen LogP contribution in [0.4, 0.5) is 5.69 Å². The highest BCUT2D eigenvalue weighted by atomic mass is 16.6. The molecule has 0 bridgehead atoms. The molecule has 0 atom stereocenters. The van der Waals surface area contributed by atoms with Crippen molar-refractivity contribution in [2.75, 3.05) is 0 Å². The Morgan fingerprint density at radius 1 is 1.00 bits per heavy atom. The lowest BCUT2D eigenvalue weighted by Crippen LogP contribution is -1.94. The quantitative estimate of drug-likeness (QED) is 0.528. The van der Waals surface area contributed by atoms with Crippen LogP contribution in [-0.2, 0) is 0 Å². The molecule has 3 aromatic rings. The van der Waals surface area contributed by atoms with E-state index >= 15 is 0 Å². The molecule has 3 aromatic carbocycles. The van der Waals surface area contributed by atoms with Gasteiger partial charge in [0.15, 0.2) is 0 Å². The van der Waals surface area contributed by atoms with Crippen molar-refractivity contribution in [3.05, 3.63) is 76.3 Å². The van der Waals surface area contributed by atoms with Crippen LogP contribution in [0.1, 0.15) is 5.56 Å². The van der Waals surface area contributed by atoms with Crippen LogP contribution in [0.2, 0.25) is 0 Å². The Morgan fingerprint density at radius 2 is 1.77 bits per heavy atom. The molecule has 0 spiro atoms. The van der Waals surface area contributed by atoms with E-state index in [4.69, 9.17) is 10.00 Å². The van der Waals surface area contributed by atoms with Crippen molar-refractivity contribution in [3.8, 4) is 17.6 Å². The fraction of sp³-hybridized carbons (Fsp3) is 0. The first-order valence-corrected chi connectivity index (χ1v) is 6.53. The second kappa shape index (κ2) is 5.54. The SMILES string of the molecule is N#Cc1ccc(Oc2cccc3ccccc23)c([N+](=O)[O-])c1. The van der Waals surface area contributed by atoms with E-state index in [1.54, 1.807) is 6.07 Å². The number of rotatable bonds is 3. The molecule has 0 aromatic heterocycles. The summed E-state index contributed by atoms with van der Waals surface area (Å²) in [7, 11) is 0. The zero-order valence-electron chi connectivity index (χ0n) is 11.4. The summed E-state index contributed by atoms with van der Waals surface area (Å²) >= 11 is 0. The minimum atomic E-state index is -0.554. The largest absolute Gasteiger partial charge is 0.449 e. The van der Waals surface area contributed by atoms with Crippen molar-refractivity contribution in [1.82, 2.24) is 0 Å². The molecule has 0 heterocycles. The van der Waals surface area contributed by atoms with E-state index in [-0.39, 0.29) is 17.0 Å². The lowest BCUT2D eigenvalue weighted by Gasteiger charge is -2.09. The van der Waals surface area contributed by atoms with Gasteiger partial charge in [0, 0.05) is 11.5 Å². The molecule has 0 aliphatic rings. The van der Waals surface area contributed by atoms with Crippen LogP contribution in [0.3, 0.4) is 0 Å². The summed E-state index contributed by atoms with van der Waals surface area (Å²) in [4.78, 5) is 10.6. The van der Waals surface area contributed by atoms with E-state index in [1.807, 2.05) is 42.5 Å². The van der Waals surface area contributed by atoms with Gasteiger partial charge in [0.1, 0.15) is 5.75 Å². The molecule has 0 unspecified atom stereocenters. The zero-order chi connectivity index (χ0) is 15.5. The van der Waals surface area contributed by atoms with Gasteiger partial charge in [-0.1, -0.05) is 36.4 Å². The maximum atomic E-state index is 11.2. The van der Waals surface area contributed by atoms with Crippen molar-refractivity contribution < 1.29 is 9.66 Å². The Balaban J connectivity index is 2.09. The van der Waals surface area contributed by atoms with Gasteiger partial charge in [0.25, 0.3) is 0 Å². The average Bonchev–Trinajstić information content (AvgIpc) is 2.55. The Bertz CT molecular complexity index is 908. The molecule has 0 N–H and O–H groups in total. The highest BCUT2D eigenvalue weighted by molar-refractivity contribution is 5.88. The van der Waals surface area contributed by atoms with Crippen molar-refractivity contribution in [2.45, 2.75) is 0 Å². The van der Waals surface area contributed by atoms with E-state index in [9.17, 15) is 10.1 Å². The fourth-order valence-corrected chi connectivity index (χ4v) is 2.22. The molecule has 0 amide bonds. The van der Waals surface area contributed by atoms with Crippen LogP contribution in [0, 0.1) is 21.4 Å². The lowest BCUT2D eigenvalue weighted by atomic mass is 10.1. The number of nitriles is 1. The molecule has 0 aliphatic heterocycles. The van der Waals surface area contributed by atoms with Gasteiger partial charge in [-0.25, -0.2) is 0 Å². The second-order valence-electron chi connectivity index (χ2n) is 4.63.